The SMILES string of the molecule is Nc1nc(Cl)cc(-c2nn(C(F)F)cc2Cc2ccccc2O)n1. The highest BCUT2D eigenvalue weighted by molar-refractivity contribution is 6.29. The maximum Gasteiger partial charge on any atom is 0.333 e. The second kappa shape index (κ2) is 6.40. The van der Waals surface area contributed by atoms with E-state index in [1.165, 1.54) is 18.3 Å². The Morgan fingerprint density at radius 2 is 1.96 bits per heavy atom. The molecule has 3 aromatic rings. The number of nitrogens with zero attached hydrogens (tertiary/aromatic N) is 4. The van der Waals surface area contributed by atoms with E-state index in [2.05, 4.69) is 15.1 Å². The summed E-state index contributed by atoms with van der Waals surface area (Å²) in [7, 11) is 0. The molecule has 0 fully saturated rings. The van der Waals surface area contributed by atoms with E-state index >= 15 is 0 Å². The first-order chi connectivity index (χ1) is 11.4. The molecule has 0 radical (unpaired) electrons. The summed E-state index contributed by atoms with van der Waals surface area (Å²) < 4.78 is 26.6. The number of aromatic nitrogens is 4. The fourth-order valence-corrected chi connectivity index (χ4v) is 2.49. The summed E-state index contributed by atoms with van der Waals surface area (Å²) in [5, 5.41) is 13.8. The molecule has 0 aliphatic carbocycles. The predicted molar refractivity (Wildman–Crippen MR) is 84.8 cm³/mol. The number of phenolic OH excluding ortho intramolecular Hbond substituents is 1. The minimum Gasteiger partial charge on any atom is -0.508 e. The van der Waals surface area contributed by atoms with Gasteiger partial charge < -0.3 is 10.8 Å². The quantitative estimate of drug-likeness (QED) is 0.704. The monoisotopic (exact) mass is 351 g/mol. The maximum absolute atomic E-state index is 13.0. The molecule has 124 valence electrons. The van der Waals surface area contributed by atoms with Crippen LogP contribution >= 0.6 is 11.6 Å². The molecule has 0 aliphatic heterocycles. The van der Waals surface area contributed by atoms with Gasteiger partial charge in [0.2, 0.25) is 5.95 Å². The first kappa shape index (κ1) is 16.1. The Labute approximate surface area is 140 Å². The third-order valence-electron chi connectivity index (χ3n) is 3.34. The average Bonchev–Trinajstić information content (AvgIpc) is 2.93. The van der Waals surface area contributed by atoms with E-state index in [0.29, 0.717) is 15.8 Å². The molecule has 0 aliphatic rings. The van der Waals surface area contributed by atoms with Crippen LogP contribution in [0.1, 0.15) is 17.7 Å². The molecule has 0 bridgehead atoms. The Morgan fingerprint density at radius 1 is 1.21 bits per heavy atom. The summed E-state index contributed by atoms with van der Waals surface area (Å²) in [6.07, 6.45) is 1.40. The lowest BCUT2D eigenvalue weighted by Gasteiger charge is -2.05. The number of benzene rings is 1. The van der Waals surface area contributed by atoms with E-state index in [1.807, 2.05) is 0 Å². The Balaban J connectivity index is 2.09. The highest BCUT2D eigenvalue weighted by atomic mass is 35.5. The first-order valence-electron chi connectivity index (χ1n) is 6.87. The van der Waals surface area contributed by atoms with Crippen molar-refractivity contribution in [2.24, 2.45) is 0 Å². The van der Waals surface area contributed by atoms with Crippen molar-refractivity contribution < 1.29 is 13.9 Å². The molecule has 0 atom stereocenters. The third-order valence-corrected chi connectivity index (χ3v) is 3.53. The van der Waals surface area contributed by atoms with Crippen molar-refractivity contribution >= 4 is 17.5 Å². The van der Waals surface area contributed by atoms with Crippen LogP contribution in [0.3, 0.4) is 0 Å². The molecule has 2 aromatic heterocycles. The zero-order valence-electron chi connectivity index (χ0n) is 12.2. The number of rotatable bonds is 4. The van der Waals surface area contributed by atoms with E-state index < -0.39 is 6.55 Å². The standard InChI is InChI=1S/C15H12ClF2N5O/c16-12-6-10(20-15(19)21-12)13-9(7-23(22-13)14(17)18)5-8-3-1-2-4-11(8)24/h1-4,6-7,14,24H,5H2,(H2,19,20,21). The summed E-state index contributed by atoms with van der Waals surface area (Å²) in [6.45, 7) is -2.81. The minimum atomic E-state index is -2.81. The van der Waals surface area contributed by atoms with Gasteiger partial charge in [-0.15, -0.1) is 0 Å². The summed E-state index contributed by atoms with van der Waals surface area (Å²) in [5.74, 6) is -0.0221. The normalized spacial score (nSPS) is 11.2. The molecule has 24 heavy (non-hydrogen) atoms. The van der Waals surface area contributed by atoms with E-state index in [0.717, 1.165) is 0 Å². The molecule has 3 rings (SSSR count). The second-order valence-corrected chi connectivity index (χ2v) is 5.39. The predicted octanol–water partition coefficient (Wildman–Crippen LogP) is 3.27. The van der Waals surface area contributed by atoms with Gasteiger partial charge in [0.05, 0.1) is 5.69 Å². The lowest BCUT2D eigenvalue weighted by atomic mass is 10.0. The lowest BCUT2D eigenvalue weighted by molar-refractivity contribution is 0.0567. The number of nitrogen functional groups attached to an aromatic ring is 1. The molecular weight excluding hydrogens is 340 g/mol. The van der Waals surface area contributed by atoms with Crippen molar-refractivity contribution in [1.82, 2.24) is 19.7 Å². The van der Waals surface area contributed by atoms with Crippen LogP contribution in [-0.2, 0) is 6.42 Å². The Kier molecular flexibility index (Phi) is 4.30. The average molecular weight is 352 g/mol. The van der Waals surface area contributed by atoms with Gasteiger partial charge in [-0.05, 0) is 11.6 Å². The van der Waals surface area contributed by atoms with Gasteiger partial charge in [0, 0.05) is 24.2 Å². The van der Waals surface area contributed by atoms with Gasteiger partial charge in [-0.1, -0.05) is 29.8 Å². The highest BCUT2D eigenvalue weighted by Crippen LogP contribution is 2.29. The number of hydrogen-bond acceptors (Lipinski definition) is 5. The molecule has 0 saturated heterocycles. The largest absolute Gasteiger partial charge is 0.508 e. The highest BCUT2D eigenvalue weighted by Gasteiger charge is 2.19. The number of anilines is 1. The molecule has 0 amide bonds. The third kappa shape index (κ3) is 3.28. The van der Waals surface area contributed by atoms with E-state index in [4.69, 9.17) is 17.3 Å². The fraction of sp³-hybridized carbons (Fsp3) is 0.133. The van der Waals surface area contributed by atoms with Crippen molar-refractivity contribution in [3.8, 4) is 17.1 Å². The van der Waals surface area contributed by atoms with Gasteiger partial charge in [0.1, 0.15) is 16.6 Å². The van der Waals surface area contributed by atoms with Crippen LogP contribution in [0.15, 0.2) is 36.5 Å². The number of phenols is 1. The van der Waals surface area contributed by atoms with Crippen molar-refractivity contribution in [2.75, 3.05) is 5.73 Å². The van der Waals surface area contributed by atoms with Crippen LogP contribution in [0.5, 0.6) is 5.75 Å². The van der Waals surface area contributed by atoms with Crippen LogP contribution in [-0.4, -0.2) is 24.9 Å². The zero-order valence-corrected chi connectivity index (χ0v) is 13.0. The number of para-hydroxylation sites is 1. The number of hydrogen-bond donors (Lipinski definition) is 2. The summed E-state index contributed by atoms with van der Waals surface area (Å²) in [4.78, 5) is 7.74. The lowest BCUT2D eigenvalue weighted by Crippen LogP contribution is -2.00. The minimum absolute atomic E-state index is 0.0634. The zero-order chi connectivity index (χ0) is 17.3. The summed E-state index contributed by atoms with van der Waals surface area (Å²) in [5.41, 5.74) is 7.02. The van der Waals surface area contributed by atoms with Crippen molar-refractivity contribution in [2.45, 2.75) is 13.0 Å². The summed E-state index contributed by atoms with van der Waals surface area (Å²) in [6, 6.07) is 8.02. The van der Waals surface area contributed by atoms with Crippen LogP contribution in [0.25, 0.3) is 11.4 Å². The van der Waals surface area contributed by atoms with Gasteiger partial charge in [0.25, 0.3) is 0 Å². The van der Waals surface area contributed by atoms with Crippen LogP contribution in [0, 0.1) is 0 Å². The maximum atomic E-state index is 13.0. The second-order valence-electron chi connectivity index (χ2n) is 5.00. The molecule has 9 heteroatoms. The number of aromatic hydroxyl groups is 1. The number of alkyl halides is 2. The molecule has 0 unspecified atom stereocenters. The van der Waals surface area contributed by atoms with Crippen LogP contribution in [0.4, 0.5) is 14.7 Å². The summed E-state index contributed by atoms with van der Waals surface area (Å²) >= 11 is 5.85. The molecule has 0 saturated carbocycles. The molecule has 1 aromatic carbocycles. The number of nitrogens with two attached hydrogens (primary N) is 1. The Morgan fingerprint density at radius 3 is 2.62 bits per heavy atom. The van der Waals surface area contributed by atoms with Gasteiger partial charge in [0.15, 0.2) is 0 Å². The van der Waals surface area contributed by atoms with Gasteiger partial charge in [-0.3, -0.25) is 0 Å². The van der Waals surface area contributed by atoms with Gasteiger partial charge in [-0.2, -0.15) is 13.9 Å². The van der Waals surface area contributed by atoms with Crippen LogP contribution < -0.4 is 5.73 Å². The molecule has 3 N–H and O–H groups in total. The smallest absolute Gasteiger partial charge is 0.333 e. The van der Waals surface area contributed by atoms with E-state index in [9.17, 15) is 13.9 Å². The molecule has 0 spiro atoms. The number of halogens is 3. The van der Waals surface area contributed by atoms with E-state index in [1.54, 1.807) is 18.2 Å². The van der Waals surface area contributed by atoms with Crippen LogP contribution in [0.2, 0.25) is 5.15 Å². The van der Waals surface area contributed by atoms with Crippen molar-refractivity contribution in [3.05, 3.63) is 52.8 Å². The van der Waals surface area contributed by atoms with Gasteiger partial charge in [-0.25, -0.2) is 14.6 Å². The van der Waals surface area contributed by atoms with Crippen molar-refractivity contribution in [1.29, 1.82) is 0 Å². The molecular formula is C15H12ClF2N5O. The first-order valence-corrected chi connectivity index (χ1v) is 7.25. The van der Waals surface area contributed by atoms with E-state index in [-0.39, 0.29) is 34.7 Å². The Hall–Kier alpha value is -2.74. The van der Waals surface area contributed by atoms with Gasteiger partial charge >= 0.3 is 6.55 Å². The topological polar surface area (TPSA) is 89.8 Å². The molecule has 2 heterocycles. The Bertz CT molecular complexity index is 864. The fourth-order valence-electron chi connectivity index (χ4n) is 2.30. The van der Waals surface area contributed by atoms with Crippen molar-refractivity contribution in [3.63, 3.8) is 0 Å². The molecule has 6 nitrogen and oxygen atoms in total.